The van der Waals surface area contributed by atoms with Gasteiger partial charge < -0.3 is 15.7 Å². The van der Waals surface area contributed by atoms with Gasteiger partial charge in [0.25, 0.3) is 0 Å². The van der Waals surface area contributed by atoms with E-state index in [-0.39, 0.29) is 18.0 Å². The standard InChI is InChI=1S/C14H18N2O3/c1-9-2-5-12(11(6-9)14(18)19)16-13(17)8-15-7-10-3-4-10/h2,5-6,10,15H,3-4,7-8H2,1H3,(H,16,17)(H,18,19). The summed E-state index contributed by atoms with van der Waals surface area (Å²) in [5.41, 5.74) is 1.31. The SMILES string of the molecule is Cc1ccc(NC(=O)CNCC2CC2)c(C(=O)O)c1. The Hall–Kier alpha value is -1.88. The highest BCUT2D eigenvalue weighted by molar-refractivity contribution is 6.01. The van der Waals surface area contributed by atoms with Gasteiger partial charge in [0.15, 0.2) is 0 Å². The number of carbonyl (C=O) groups is 2. The van der Waals surface area contributed by atoms with Gasteiger partial charge in [0.05, 0.1) is 17.8 Å². The zero-order chi connectivity index (χ0) is 13.8. The van der Waals surface area contributed by atoms with E-state index in [0.717, 1.165) is 12.1 Å². The maximum atomic E-state index is 11.7. The Morgan fingerprint density at radius 1 is 1.37 bits per heavy atom. The normalized spacial score (nSPS) is 14.2. The monoisotopic (exact) mass is 262 g/mol. The third kappa shape index (κ3) is 4.06. The van der Waals surface area contributed by atoms with Gasteiger partial charge in [0.2, 0.25) is 5.91 Å². The fourth-order valence-corrected chi connectivity index (χ4v) is 1.85. The molecule has 1 aliphatic rings. The molecule has 0 atom stereocenters. The summed E-state index contributed by atoms with van der Waals surface area (Å²) < 4.78 is 0. The van der Waals surface area contributed by atoms with Crippen molar-refractivity contribution in [3.63, 3.8) is 0 Å². The molecule has 1 aromatic rings. The van der Waals surface area contributed by atoms with E-state index in [1.807, 2.05) is 6.92 Å². The van der Waals surface area contributed by atoms with Crippen LogP contribution in [0.15, 0.2) is 18.2 Å². The van der Waals surface area contributed by atoms with E-state index < -0.39 is 5.97 Å². The molecular formula is C14H18N2O3. The number of amides is 1. The lowest BCUT2D eigenvalue weighted by Crippen LogP contribution is -2.30. The molecule has 102 valence electrons. The molecule has 1 fully saturated rings. The van der Waals surface area contributed by atoms with Crippen molar-refractivity contribution in [3.05, 3.63) is 29.3 Å². The van der Waals surface area contributed by atoms with Gasteiger partial charge in [-0.25, -0.2) is 4.79 Å². The minimum Gasteiger partial charge on any atom is -0.478 e. The van der Waals surface area contributed by atoms with Crippen LogP contribution in [0, 0.1) is 12.8 Å². The number of carboxylic acids is 1. The molecule has 0 radical (unpaired) electrons. The summed E-state index contributed by atoms with van der Waals surface area (Å²) in [6, 6.07) is 4.95. The quantitative estimate of drug-likeness (QED) is 0.728. The van der Waals surface area contributed by atoms with Crippen LogP contribution in [0.5, 0.6) is 0 Å². The van der Waals surface area contributed by atoms with Gasteiger partial charge >= 0.3 is 5.97 Å². The molecule has 1 amide bonds. The zero-order valence-corrected chi connectivity index (χ0v) is 10.9. The first-order valence-electron chi connectivity index (χ1n) is 6.41. The van der Waals surface area contributed by atoms with Crippen LogP contribution in [0.2, 0.25) is 0 Å². The number of rotatable bonds is 6. The number of hydrogen-bond donors (Lipinski definition) is 3. The Bertz CT molecular complexity index is 495. The maximum absolute atomic E-state index is 11.7. The van der Waals surface area contributed by atoms with Crippen molar-refractivity contribution in [3.8, 4) is 0 Å². The lowest BCUT2D eigenvalue weighted by molar-refractivity contribution is -0.115. The van der Waals surface area contributed by atoms with E-state index >= 15 is 0 Å². The Balaban J connectivity index is 1.93. The van der Waals surface area contributed by atoms with Crippen molar-refractivity contribution < 1.29 is 14.7 Å². The van der Waals surface area contributed by atoms with Crippen LogP contribution in [-0.2, 0) is 4.79 Å². The van der Waals surface area contributed by atoms with Crippen LogP contribution in [0.1, 0.15) is 28.8 Å². The van der Waals surface area contributed by atoms with E-state index in [2.05, 4.69) is 10.6 Å². The highest BCUT2D eigenvalue weighted by Gasteiger charge is 2.20. The van der Waals surface area contributed by atoms with E-state index in [9.17, 15) is 9.59 Å². The van der Waals surface area contributed by atoms with Crippen LogP contribution >= 0.6 is 0 Å². The molecule has 1 saturated carbocycles. The first kappa shape index (κ1) is 13.5. The molecule has 0 heterocycles. The summed E-state index contributed by atoms with van der Waals surface area (Å²) >= 11 is 0. The first-order valence-corrected chi connectivity index (χ1v) is 6.41. The number of aryl methyl sites for hydroxylation is 1. The highest BCUT2D eigenvalue weighted by Crippen LogP contribution is 2.27. The lowest BCUT2D eigenvalue weighted by atomic mass is 10.1. The molecule has 0 aromatic heterocycles. The highest BCUT2D eigenvalue weighted by atomic mass is 16.4. The predicted molar refractivity (Wildman–Crippen MR) is 72.4 cm³/mol. The molecule has 5 heteroatoms. The van der Waals surface area contributed by atoms with Crippen LogP contribution in [0.4, 0.5) is 5.69 Å². The second-order valence-electron chi connectivity index (χ2n) is 4.98. The summed E-state index contributed by atoms with van der Waals surface area (Å²) in [6.07, 6.45) is 2.46. The maximum Gasteiger partial charge on any atom is 0.337 e. The zero-order valence-electron chi connectivity index (χ0n) is 10.9. The van der Waals surface area contributed by atoms with Crippen molar-refractivity contribution in [2.24, 2.45) is 5.92 Å². The van der Waals surface area contributed by atoms with Crippen molar-refractivity contribution in [1.82, 2.24) is 5.32 Å². The van der Waals surface area contributed by atoms with Gasteiger partial charge in [-0.15, -0.1) is 0 Å². The van der Waals surface area contributed by atoms with E-state index in [4.69, 9.17) is 5.11 Å². The Kier molecular flexibility index (Phi) is 4.16. The van der Waals surface area contributed by atoms with Crippen molar-refractivity contribution >= 4 is 17.6 Å². The van der Waals surface area contributed by atoms with Gasteiger partial charge in [0, 0.05) is 0 Å². The number of aromatic carboxylic acids is 1. The van der Waals surface area contributed by atoms with Crippen LogP contribution < -0.4 is 10.6 Å². The Labute approximate surface area is 112 Å². The molecule has 1 aromatic carbocycles. The van der Waals surface area contributed by atoms with Gasteiger partial charge in [-0.1, -0.05) is 11.6 Å². The van der Waals surface area contributed by atoms with Crippen LogP contribution in [0.3, 0.4) is 0 Å². The minimum absolute atomic E-state index is 0.121. The number of nitrogens with one attached hydrogen (secondary N) is 2. The van der Waals surface area contributed by atoms with Crippen molar-refractivity contribution in [1.29, 1.82) is 0 Å². The fraction of sp³-hybridized carbons (Fsp3) is 0.429. The Morgan fingerprint density at radius 2 is 2.11 bits per heavy atom. The molecule has 3 N–H and O–H groups in total. The fourth-order valence-electron chi connectivity index (χ4n) is 1.85. The average Bonchev–Trinajstić information content (AvgIpc) is 3.15. The van der Waals surface area contributed by atoms with E-state index in [0.29, 0.717) is 11.6 Å². The number of benzene rings is 1. The summed E-state index contributed by atoms with van der Waals surface area (Å²) in [6.45, 7) is 2.88. The molecule has 2 rings (SSSR count). The summed E-state index contributed by atoms with van der Waals surface area (Å²) in [7, 11) is 0. The molecular weight excluding hydrogens is 244 g/mol. The van der Waals surface area contributed by atoms with Crippen LogP contribution in [-0.4, -0.2) is 30.1 Å². The van der Waals surface area contributed by atoms with Crippen molar-refractivity contribution in [2.45, 2.75) is 19.8 Å². The topological polar surface area (TPSA) is 78.4 Å². The molecule has 1 aliphatic carbocycles. The summed E-state index contributed by atoms with van der Waals surface area (Å²) in [5.74, 6) is -0.543. The van der Waals surface area contributed by atoms with E-state index in [1.165, 1.54) is 12.8 Å². The third-order valence-electron chi connectivity index (χ3n) is 3.10. The molecule has 19 heavy (non-hydrogen) atoms. The van der Waals surface area contributed by atoms with E-state index in [1.54, 1.807) is 18.2 Å². The first-order chi connectivity index (χ1) is 9.06. The smallest absolute Gasteiger partial charge is 0.337 e. The number of hydrogen-bond acceptors (Lipinski definition) is 3. The number of carbonyl (C=O) groups excluding carboxylic acids is 1. The number of anilines is 1. The van der Waals surface area contributed by atoms with Gasteiger partial charge in [-0.2, -0.15) is 0 Å². The van der Waals surface area contributed by atoms with Gasteiger partial charge in [-0.05, 0) is 44.4 Å². The second kappa shape index (κ2) is 5.84. The molecule has 0 unspecified atom stereocenters. The molecule has 0 aliphatic heterocycles. The third-order valence-corrected chi connectivity index (χ3v) is 3.10. The molecule has 5 nitrogen and oxygen atoms in total. The lowest BCUT2D eigenvalue weighted by Gasteiger charge is -2.09. The predicted octanol–water partition coefficient (Wildman–Crippen LogP) is 1.63. The minimum atomic E-state index is -1.04. The Morgan fingerprint density at radius 3 is 2.74 bits per heavy atom. The van der Waals surface area contributed by atoms with Crippen LogP contribution in [0.25, 0.3) is 0 Å². The average molecular weight is 262 g/mol. The molecule has 0 bridgehead atoms. The second-order valence-corrected chi connectivity index (χ2v) is 4.98. The van der Waals surface area contributed by atoms with Crippen molar-refractivity contribution in [2.75, 3.05) is 18.4 Å². The largest absolute Gasteiger partial charge is 0.478 e. The van der Waals surface area contributed by atoms with Gasteiger partial charge in [-0.3, -0.25) is 4.79 Å². The molecule has 0 spiro atoms. The number of carboxylic acid groups (broad SMARTS) is 1. The summed E-state index contributed by atoms with van der Waals surface area (Å²) in [4.78, 5) is 22.8. The summed E-state index contributed by atoms with van der Waals surface area (Å²) in [5, 5.41) is 14.8. The molecule has 0 saturated heterocycles. The van der Waals surface area contributed by atoms with Gasteiger partial charge in [0.1, 0.15) is 0 Å².